The Morgan fingerprint density at radius 2 is 1.86 bits per heavy atom. The number of rotatable bonds is 8. The largest absolute Gasteiger partial charge is 0.493 e. The summed E-state index contributed by atoms with van der Waals surface area (Å²) in [4.78, 5) is 12.1. The van der Waals surface area contributed by atoms with E-state index in [4.69, 9.17) is 14.2 Å². The number of amides is 1. The lowest BCUT2D eigenvalue weighted by Gasteiger charge is -2.25. The Bertz CT molecular complexity index is 469. The standard InChI is InChI=1S/C16H25NO4/c1-6-16(2,21-5)15(18)17-10-9-12-7-8-13(19-3)14(11-12)20-4/h7-8,11H,6,9-10H2,1-5H3,(H,17,18). The van der Waals surface area contributed by atoms with Crippen molar-refractivity contribution in [2.24, 2.45) is 0 Å². The zero-order chi connectivity index (χ0) is 15.9. The highest BCUT2D eigenvalue weighted by molar-refractivity contribution is 5.84. The van der Waals surface area contributed by atoms with E-state index in [1.54, 1.807) is 28.3 Å². The van der Waals surface area contributed by atoms with Crippen molar-refractivity contribution in [2.45, 2.75) is 32.3 Å². The van der Waals surface area contributed by atoms with Crippen molar-refractivity contribution in [3.63, 3.8) is 0 Å². The van der Waals surface area contributed by atoms with Gasteiger partial charge in [-0.3, -0.25) is 4.79 Å². The molecule has 1 atom stereocenters. The fourth-order valence-corrected chi connectivity index (χ4v) is 1.94. The molecule has 118 valence electrons. The van der Waals surface area contributed by atoms with Crippen LogP contribution < -0.4 is 14.8 Å². The van der Waals surface area contributed by atoms with E-state index in [9.17, 15) is 4.79 Å². The highest BCUT2D eigenvalue weighted by Crippen LogP contribution is 2.27. The quantitative estimate of drug-likeness (QED) is 0.798. The molecule has 1 amide bonds. The number of hydrogen-bond donors (Lipinski definition) is 1. The molecule has 1 aromatic carbocycles. The first kappa shape index (κ1) is 17.3. The van der Waals surface area contributed by atoms with Gasteiger partial charge >= 0.3 is 0 Å². The van der Waals surface area contributed by atoms with Gasteiger partial charge in [0, 0.05) is 13.7 Å². The van der Waals surface area contributed by atoms with Crippen LogP contribution in [0, 0.1) is 0 Å². The van der Waals surface area contributed by atoms with E-state index in [1.807, 2.05) is 25.1 Å². The summed E-state index contributed by atoms with van der Waals surface area (Å²) in [6.07, 6.45) is 1.35. The fourth-order valence-electron chi connectivity index (χ4n) is 1.94. The van der Waals surface area contributed by atoms with Gasteiger partial charge in [-0.1, -0.05) is 13.0 Å². The maximum absolute atomic E-state index is 12.1. The molecule has 1 unspecified atom stereocenters. The minimum Gasteiger partial charge on any atom is -0.493 e. The Morgan fingerprint density at radius 1 is 1.19 bits per heavy atom. The average molecular weight is 295 g/mol. The fraction of sp³-hybridized carbons (Fsp3) is 0.562. The van der Waals surface area contributed by atoms with Gasteiger partial charge in [0.2, 0.25) is 0 Å². The van der Waals surface area contributed by atoms with Crippen molar-refractivity contribution >= 4 is 5.91 Å². The molecule has 1 N–H and O–H groups in total. The van der Waals surface area contributed by atoms with Crippen LogP contribution >= 0.6 is 0 Å². The zero-order valence-electron chi connectivity index (χ0n) is 13.5. The number of ether oxygens (including phenoxy) is 3. The molecule has 5 nitrogen and oxygen atoms in total. The third-order valence-corrected chi connectivity index (χ3v) is 3.75. The lowest BCUT2D eigenvalue weighted by Crippen LogP contribution is -2.46. The van der Waals surface area contributed by atoms with E-state index in [0.29, 0.717) is 24.5 Å². The highest BCUT2D eigenvalue weighted by Gasteiger charge is 2.30. The van der Waals surface area contributed by atoms with Gasteiger partial charge in [-0.25, -0.2) is 0 Å². The Hall–Kier alpha value is -1.75. The molecule has 0 spiro atoms. The number of benzene rings is 1. The van der Waals surface area contributed by atoms with Gasteiger partial charge in [-0.2, -0.15) is 0 Å². The maximum atomic E-state index is 12.1. The predicted molar refractivity (Wildman–Crippen MR) is 82.0 cm³/mol. The summed E-state index contributed by atoms with van der Waals surface area (Å²) in [7, 11) is 4.76. The number of carbonyl (C=O) groups excluding carboxylic acids is 1. The van der Waals surface area contributed by atoms with E-state index in [-0.39, 0.29) is 5.91 Å². The van der Waals surface area contributed by atoms with Gasteiger partial charge in [-0.15, -0.1) is 0 Å². The minimum absolute atomic E-state index is 0.0898. The molecule has 0 radical (unpaired) electrons. The molecule has 0 saturated heterocycles. The van der Waals surface area contributed by atoms with E-state index in [1.165, 1.54) is 0 Å². The van der Waals surface area contributed by atoms with Crippen LogP contribution in [0.4, 0.5) is 0 Å². The van der Waals surface area contributed by atoms with Crippen LogP contribution in [-0.2, 0) is 16.0 Å². The second-order valence-corrected chi connectivity index (χ2v) is 4.98. The molecule has 0 aliphatic heterocycles. The van der Waals surface area contributed by atoms with Crippen LogP contribution in [0.25, 0.3) is 0 Å². The molecule has 0 heterocycles. The Labute approximate surface area is 126 Å². The smallest absolute Gasteiger partial charge is 0.251 e. The SMILES string of the molecule is CCC(C)(OC)C(=O)NCCc1ccc(OC)c(OC)c1. The molecule has 1 rings (SSSR count). The summed E-state index contributed by atoms with van der Waals surface area (Å²) in [5.74, 6) is 1.30. The van der Waals surface area contributed by atoms with Crippen molar-refractivity contribution in [1.29, 1.82) is 0 Å². The predicted octanol–water partition coefficient (Wildman–Crippen LogP) is 2.18. The van der Waals surface area contributed by atoms with Crippen LogP contribution in [-0.4, -0.2) is 39.4 Å². The maximum Gasteiger partial charge on any atom is 0.251 e. The van der Waals surface area contributed by atoms with E-state index >= 15 is 0 Å². The van der Waals surface area contributed by atoms with Crippen LogP contribution in [0.3, 0.4) is 0 Å². The number of nitrogens with one attached hydrogen (secondary N) is 1. The summed E-state index contributed by atoms with van der Waals surface area (Å²) in [5, 5.41) is 2.90. The summed E-state index contributed by atoms with van der Waals surface area (Å²) in [5.41, 5.74) is 0.306. The first-order valence-corrected chi connectivity index (χ1v) is 7.05. The lowest BCUT2D eigenvalue weighted by molar-refractivity contribution is -0.141. The third kappa shape index (κ3) is 4.36. The van der Waals surface area contributed by atoms with Crippen molar-refractivity contribution < 1.29 is 19.0 Å². The molecular formula is C16H25NO4. The molecule has 0 aliphatic carbocycles. The van der Waals surface area contributed by atoms with Crippen LogP contribution in [0.2, 0.25) is 0 Å². The second-order valence-electron chi connectivity index (χ2n) is 4.98. The van der Waals surface area contributed by atoms with E-state index in [2.05, 4.69) is 5.32 Å². The summed E-state index contributed by atoms with van der Waals surface area (Å²) in [6.45, 7) is 4.27. The first-order valence-electron chi connectivity index (χ1n) is 7.05. The Kier molecular flexibility index (Phi) is 6.49. The van der Waals surface area contributed by atoms with Crippen molar-refractivity contribution in [1.82, 2.24) is 5.32 Å². The van der Waals surface area contributed by atoms with E-state index < -0.39 is 5.60 Å². The minimum atomic E-state index is -0.766. The zero-order valence-corrected chi connectivity index (χ0v) is 13.5. The number of methoxy groups -OCH3 is 3. The van der Waals surface area contributed by atoms with E-state index in [0.717, 1.165) is 12.0 Å². The van der Waals surface area contributed by atoms with Gasteiger partial charge in [0.15, 0.2) is 11.5 Å². The van der Waals surface area contributed by atoms with Gasteiger partial charge in [0.05, 0.1) is 14.2 Å². The average Bonchev–Trinajstić information content (AvgIpc) is 2.53. The molecule has 0 aliphatic rings. The molecule has 1 aromatic rings. The Balaban J connectivity index is 2.58. The van der Waals surface area contributed by atoms with Gasteiger partial charge < -0.3 is 19.5 Å². The summed E-state index contributed by atoms with van der Waals surface area (Å²) < 4.78 is 15.7. The van der Waals surface area contributed by atoms with Crippen molar-refractivity contribution in [2.75, 3.05) is 27.9 Å². The van der Waals surface area contributed by atoms with Gasteiger partial charge in [-0.05, 0) is 37.5 Å². The molecule has 21 heavy (non-hydrogen) atoms. The van der Waals surface area contributed by atoms with Crippen LogP contribution in [0.5, 0.6) is 11.5 Å². The molecular weight excluding hydrogens is 270 g/mol. The molecule has 0 fully saturated rings. The van der Waals surface area contributed by atoms with Crippen LogP contribution in [0.1, 0.15) is 25.8 Å². The first-order chi connectivity index (χ1) is 10.0. The van der Waals surface area contributed by atoms with Crippen LogP contribution in [0.15, 0.2) is 18.2 Å². The molecule has 5 heteroatoms. The monoisotopic (exact) mass is 295 g/mol. The highest BCUT2D eigenvalue weighted by atomic mass is 16.5. The van der Waals surface area contributed by atoms with Crippen molar-refractivity contribution in [3.8, 4) is 11.5 Å². The molecule has 0 bridgehead atoms. The second kappa shape index (κ2) is 7.88. The Morgan fingerprint density at radius 3 is 2.38 bits per heavy atom. The number of hydrogen-bond acceptors (Lipinski definition) is 4. The van der Waals surface area contributed by atoms with Gasteiger partial charge in [0.1, 0.15) is 5.60 Å². The summed E-state index contributed by atoms with van der Waals surface area (Å²) in [6, 6.07) is 5.74. The summed E-state index contributed by atoms with van der Waals surface area (Å²) >= 11 is 0. The third-order valence-electron chi connectivity index (χ3n) is 3.75. The molecule has 0 saturated carbocycles. The van der Waals surface area contributed by atoms with Gasteiger partial charge in [0.25, 0.3) is 5.91 Å². The van der Waals surface area contributed by atoms with Crippen molar-refractivity contribution in [3.05, 3.63) is 23.8 Å². The molecule has 0 aromatic heterocycles. The lowest BCUT2D eigenvalue weighted by atomic mass is 10.0. The number of carbonyl (C=O) groups is 1. The normalized spacial score (nSPS) is 13.4. The topological polar surface area (TPSA) is 56.8 Å².